The highest BCUT2D eigenvalue weighted by molar-refractivity contribution is 5.93. The molecule has 1 aromatic heterocycles. The molecule has 0 unspecified atom stereocenters. The van der Waals surface area contributed by atoms with Gasteiger partial charge in [-0.2, -0.15) is 0 Å². The molecule has 2 aromatic rings. The second-order valence-corrected chi connectivity index (χ2v) is 5.28. The van der Waals surface area contributed by atoms with Gasteiger partial charge in [-0.05, 0) is 18.2 Å². The third-order valence-electron chi connectivity index (χ3n) is 3.64. The van der Waals surface area contributed by atoms with Gasteiger partial charge in [-0.15, -0.1) is 0 Å². The third-order valence-corrected chi connectivity index (χ3v) is 3.64. The number of hydrogen-bond donors (Lipinski definition) is 1. The second-order valence-electron chi connectivity index (χ2n) is 5.28. The Morgan fingerprint density at radius 1 is 1.22 bits per heavy atom. The van der Waals surface area contributed by atoms with Gasteiger partial charge in [0.05, 0.1) is 6.54 Å². The van der Waals surface area contributed by atoms with Crippen LogP contribution in [0.1, 0.15) is 17.0 Å². The highest BCUT2D eigenvalue weighted by Crippen LogP contribution is 2.29. The van der Waals surface area contributed by atoms with Gasteiger partial charge in [0.1, 0.15) is 5.75 Å². The topological polar surface area (TPSA) is 80.0 Å². The van der Waals surface area contributed by atoms with Crippen molar-refractivity contribution in [2.45, 2.75) is 12.1 Å². The fourth-order valence-corrected chi connectivity index (χ4v) is 2.37. The molecule has 2 heterocycles. The summed E-state index contributed by atoms with van der Waals surface area (Å²) in [5.41, 5.74) is -2.40. The Morgan fingerprint density at radius 2 is 1.96 bits per heavy atom. The molecule has 1 aliphatic rings. The van der Waals surface area contributed by atoms with E-state index in [9.17, 15) is 14.0 Å². The van der Waals surface area contributed by atoms with E-state index >= 15 is 0 Å². The van der Waals surface area contributed by atoms with Crippen LogP contribution in [-0.4, -0.2) is 40.6 Å². The summed E-state index contributed by atoms with van der Waals surface area (Å²) in [5.74, 6) is -1.46. The van der Waals surface area contributed by atoms with Gasteiger partial charge in [0.25, 0.3) is 11.9 Å². The van der Waals surface area contributed by atoms with E-state index in [1.807, 2.05) is 6.07 Å². The number of ether oxygens (including phenoxy) is 1. The maximum Gasteiger partial charge on any atom is 0.343 e. The van der Waals surface area contributed by atoms with E-state index in [2.05, 4.69) is 0 Å². The van der Waals surface area contributed by atoms with E-state index in [0.717, 1.165) is 4.90 Å². The molecule has 0 bridgehead atoms. The van der Waals surface area contributed by atoms with Gasteiger partial charge in [0, 0.05) is 19.0 Å². The Kier molecular flexibility index (Phi) is 3.77. The van der Waals surface area contributed by atoms with Crippen molar-refractivity contribution in [1.82, 2.24) is 4.90 Å². The zero-order chi connectivity index (χ0) is 16.4. The number of aliphatic carboxylic acids is 1. The Morgan fingerprint density at radius 3 is 2.61 bits per heavy atom. The lowest BCUT2D eigenvalue weighted by Gasteiger charge is -2.16. The summed E-state index contributed by atoms with van der Waals surface area (Å²) in [6.45, 7) is -0.464. The lowest BCUT2D eigenvalue weighted by atomic mass is 10.1. The molecule has 7 heteroatoms. The quantitative estimate of drug-likeness (QED) is 0.937. The summed E-state index contributed by atoms with van der Waals surface area (Å²) in [6.07, 6.45) is -0.234. The van der Waals surface area contributed by atoms with Crippen LogP contribution in [0, 0.1) is 0 Å². The van der Waals surface area contributed by atoms with Crippen LogP contribution in [0.25, 0.3) is 0 Å². The minimum Gasteiger partial charge on any atom is -0.479 e. The molecule has 120 valence electrons. The predicted octanol–water partition coefficient (Wildman–Crippen LogP) is 2.71. The van der Waals surface area contributed by atoms with Crippen LogP contribution < -0.4 is 4.74 Å². The number of rotatable bonds is 4. The number of carbonyl (C=O) groups excluding carboxylic acids is 1. The minimum atomic E-state index is -2.40. The number of carbonyl (C=O) groups is 2. The number of benzene rings is 1. The lowest BCUT2D eigenvalue weighted by molar-refractivity contribution is -0.149. The normalized spacial score (nSPS) is 20.5. The van der Waals surface area contributed by atoms with Crippen molar-refractivity contribution in [3.8, 4) is 11.7 Å². The number of amides is 1. The molecule has 0 spiro atoms. The van der Waals surface area contributed by atoms with E-state index in [1.54, 1.807) is 24.3 Å². The summed E-state index contributed by atoms with van der Waals surface area (Å²) in [6, 6.07) is 11.8. The first-order valence-corrected chi connectivity index (χ1v) is 7.02. The first-order chi connectivity index (χ1) is 11.0. The molecule has 1 aliphatic heterocycles. The number of carboxylic acid groups (broad SMARTS) is 1. The molecule has 1 saturated heterocycles. The highest BCUT2D eigenvalue weighted by atomic mass is 19.1. The van der Waals surface area contributed by atoms with E-state index in [-0.39, 0.29) is 24.7 Å². The van der Waals surface area contributed by atoms with E-state index in [1.165, 1.54) is 12.1 Å². The average molecular weight is 319 g/mol. The van der Waals surface area contributed by atoms with Crippen LogP contribution in [0.5, 0.6) is 11.7 Å². The number of nitrogens with zero attached hydrogens (tertiary/aromatic N) is 1. The van der Waals surface area contributed by atoms with Gasteiger partial charge < -0.3 is 19.2 Å². The van der Waals surface area contributed by atoms with Crippen LogP contribution in [0.4, 0.5) is 4.39 Å². The van der Waals surface area contributed by atoms with Crippen molar-refractivity contribution in [3.05, 3.63) is 48.2 Å². The number of carboxylic acids is 1. The van der Waals surface area contributed by atoms with Gasteiger partial charge in [0.2, 0.25) is 5.67 Å². The smallest absolute Gasteiger partial charge is 0.343 e. The van der Waals surface area contributed by atoms with Crippen molar-refractivity contribution in [1.29, 1.82) is 0 Å². The number of halogens is 1. The molecule has 1 aromatic carbocycles. The molecule has 1 amide bonds. The van der Waals surface area contributed by atoms with Crippen LogP contribution in [0.3, 0.4) is 0 Å². The molecule has 1 N–H and O–H groups in total. The maximum atomic E-state index is 14.0. The largest absolute Gasteiger partial charge is 0.479 e. The molecule has 0 aliphatic carbocycles. The number of likely N-dealkylation sites (tertiary alicyclic amines) is 1. The van der Waals surface area contributed by atoms with Crippen molar-refractivity contribution in [2.24, 2.45) is 0 Å². The van der Waals surface area contributed by atoms with Gasteiger partial charge in [-0.1, -0.05) is 18.2 Å². The van der Waals surface area contributed by atoms with E-state index in [4.69, 9.17) is 14.3 Å². The summed E-state index contributed by atoms with van der Waals surface area (Å²) >= 11 is 0. The monoisotopic (exact) mass is 319 g/mol. The number of para-hydroxylation sites is 1. The van der Waals surface area contributed by atoms with Crippen LogP contribution >= 0.6 is 0 Å². The first kappa shape index (κ1) is 15.1. The van der Waals surface area contributed by atoms with Crippen molar-refractivity contribution >= 4 is 11.9 Å². The summed E-state index contributed by atoms with van der Waals surface area (Å²) in [4.78, 5) is 24.2. The van der Waals surface area contributed by atoms with Gasteiger partial charge in [0.15, 0.2) is 5.76 Å². The van der Waals surface area contributed by atoms with Gasteiger partial charge in [-0.3, -0.25) is 4.79 Å². The third kappa shape index (κ3) is 3.03. The highest BCUT2D eigenvalue weighted by Gasteiger charge is 2.47. The van der Waals surface area contributed by atoms with Crippen LogP contribution in [-0.2, 0) is 4.79 Å². The van der Waals surface area contributed by atoms with Crippen molar-refractivity contribution < 1.29 is 28.2 Å². The number of hydrogen-bond acceptors (Lipinski definition) is 4. The number of alkyl halides is 1. The fourth-order valence-electron chi connectivity index (χ4n) is 2.37. The fraction of sp³-hybridized carbons (Fsp3) is 0.250. The molecule has 0 radical (unpaired) electrons. The molecule has 23 heavy (non-hydrogen) atoms. The first-order valence-electron chi connectivity index (χ1n) is 7.02. The van der Waals surface area contributed by atoms with Crippen LogP contribution in [0.15, 0.2) is 46.9 Å². The summed E-state index contributed by atoms with van der Waals surface area (Å²) in [7, 11) is 0. The van der Waals surface area contributed by atoms with Crippen LogP contribution in [0.2, 0.25) is 0 Å². The predicted molar refractivity (Wildman–Crippen MR) is 77.2 cm³/mol. The molecule has 0 saturated carbocycles. The van der Waals surface area contributed by atoms with Gasteiger partial charge in [-0.25, -0.2) is 9.18 Å². The molecule has 3 rings (SSSR count). The van der Waals surface area contributed by atoms with Crippen molar-refractivity contribution in [2.75, 3.05) is 13.1 Å². The molecule has 1 atom stereocenters. The Balaban J connectivity index is 1.69. The zero-order valence-corrected chi connectivity index (χ0v) is 12.1. The Hall–Kier alpha value is -2.83. The van der Waals surface area contributed by atoms with Gasteiger partial charge >= 0.3 is 5.97 Å². The van der Waals surface area contributed by atoms with E-state index < -0.39 is 24.1 Å². The average Bonchev–Trinajstić information content (AvgIpc) is 3.15. The molecular weight excluding hydrogens is 305 g/mol. The van der Waals surface area contributed by atoms with Crippen molar-refractivity contribution in [3.63, 3.8) is 0 Å². The Labute approximate surface area is 131 Å². The summed E-state index contributed by atoms with van der Waals surface area (Å²) < 4.78 is 24.8. The standard InChI is InChI=1S/C16H14FNO5/c17-16(15(20)21)8-9-18(10-16)14(19)12-6-7-13(23-12)22-11-4-2-1-3-5-11/h1-7H,8-10H2,(H,20,21)/t16-/m0/s1. The maximum absolute atomic E-state index is 14.0. The Bertz CT molecular complexity index is 729. The molecule has 1 fully saturated rings. The molecular formula is C16H14FNO5. The summed E-state index contributed by atoms with van der Waals surface area (Å²) in [5, 5.41) is 8.85. The molecule has 6 nitrogen and oxygen atoms in total. The zero-order valence-electron chi connectivity index (χ0n) is 12.1. The minimum absolute atomic E-state index is 0.0226. The van der Waals surface area contributed by atoms with E-state index in [0.29, 0.717) is 5.75 Å². The lowest BCUT2D eigenvalue weighted by Crippen LogP contribution is -2.38. The second kappa shape index (κ2) is 5.75. The number of furan rings is 1. The SMILES string of the molecule is O=C(c1ccc(Oc2ccccc2)o1)N1CC[C@@](F)(C(=O)O)C1.